The van der Waals surface area contributed by atoms with Crippen LogP contribution >= 0.6 is 11.6 Å². The highest BCUT2D eigenvalue weighted by atomic mass is 35.5. The SMILES string of the molecule is CS(=O)(=O)NCCNS(=O)(=O)c1ccc(Cl)cc1. The molecule has 0 unspecified atom stereocenters. The molecular weight excluding hydrogens is 300 g/mol. The van der Waals surface area contributed by atoms with E-state index in [1.165, 1.54) is 24.3 Å². The smallest absolute Gasteiger partial charge is 0.214 e. The summed E-state index contributed by atoms with van der Waals surface area (Å²) in [5.74, 6) is 0. The van der Waals surface area contributed by atoms with Crippen LogP contribution in [-0.4, -0.2) is 36.2 Å². The molecule has 1 rings (SSSR count). The molecule has 9 heteroatoms. The third kappa shape index (κ3) is 5.32. The second-order valence-corrected chi connectivity index (χ2v) is 7.55. The molecule has 1 aromatic carbocycles. The van der Waals surface area contributed by atoms with Crippen molar-refractivity contribution < 1.29 is 16.8 Å². The second-order valence-electron chi connectivity index (χ2n) is 3.52. The van der Waals surface area contributed by atoms with E-state index in [0.717, 1.165) is 6.26 Å². The molecule has 18 heavy (non-hydrogen) atoms. The fraction of sp³-hybridized carbons (Fsp3) is 0.333. The average molecular weight is 313 g/mol. The van der Waals surface area contributed by atoms with Crippen molar-refractivity contribution in [2.24, 2.45) is 0 Å². The first-order chi connectivity index (χ1) is 8.21. The number of benzene rings is 1. The summed E-state index contributed by atoms with van der Waals surface area (Å²) in [4.78, 5) is 0.0752. The highest BCUT2D eigenvalue weighted by molar-refractivity contribution is 7.89. The molecule has 0 saturated heterocycles. The Balaban J connectivity index is 2.58. The zero-order chi connectivity index (χ0) is 13.8. The summed E-state index contributed by atoms with van der Waals surface area (Å²) in [6.45, 7) is -0.0380. The number of sulfonamides is 2. The van der Waals surface area contributed by atoms with Gasteiger partial charge in [-0.05, 0) is 24.3 Å². The quantitative estimate of drug-likeness (QED) is 0.732. The summed E-state index contributed by atoms with van der Waals surface area (Å²) in [6.07, 6.45) is 1.00. The number of rotatable bonds is 6. The third-order valence-electron chi connectivity index (χ3n) is 1.91. The maximum absolute atomic E-state index is 11.7. The first-order valence-corrected chi connectivity index (χ1v) is 8.66. The molecule has 6 nitrogen and oxygen atoms in total. The molecule has 0 fully saturated rings. The van der Waals surface area contributed by atoms with E-state index in [0.29, 0.717) is 5.02 Å². The molecule has 0 aliphatic carbocycles. The monoisotopic (exact) mass is 312 g/mol. The molecule has 0 atom stereocenters. The molecule has 102 valence electrons. The fourth-order valence-corrected chi connectivity index (χ4v) is 2.75. The van der Waals surface area contributed by atoms with Gasteiger partial charge in [-0.15, -0.1) is 0 Å². The molecule has 1 aromatic rings. The largest absolute Gasteiger partial charge is 0.240 e. The fourth-order valence-electron chi connectivity index (χ4n) is 1.12. The van der Waals surface area contributed by atoms with Crippen LogP contribution in [0.1, 0.15) is 0 Å². The van der Waals surface area contributed by atoms with Gasteiger partial charge in [0.05, 0.1) is 11.2 Å². The lowest BCUT2D eigenvalue weighted by molar-refractivity contribution is 0.573. The molecule has 0 aliphatic rings. The molecule has 0 heterocycles. The van der Waals surface area contributed by atoms with Crippen molar-refractivity contribution >= 4 is 31.6 Å². The molecule has 2 N–H and O–H groups in total. The Kier molecular flexibility index (Phi) is 5.11. The van der Waals surface area contributed by atoms with Gasteiger partial charge in [0, 0.05) is 18.1 Å². The van der Waals surface area contributed by atoms with Crippen LogP contribution in [-0.2, 0) is 20.0 Å². The first-order valence-electron chi connectivity index (χ1n) is 4.90. The maximum atomic E-state index is 11.7. The van der Waals surface area contributed by atoms with Gasteiger partial charge >= 0.3 is 0 Å². The minimum atomic E-state index is -3.64. The van der Waals surface area contributed by atoms with Gasteiger partial charge in [-0.3, -0.25) is 0 Å². The molecule has 0 aliphatic heterocycles. The van der Waals surface area contributed by atoms with Gasteiger partial charge in [0.15, 0.2) is 0 Å². The third-order valence-corrected chi connectivity index (χ3v) is 4.36. The van der Waals surface area contributed by atoms with Crippen LogP contribution < -0.4 is 9.44 Å². The van der Waals surface area contributed by atoms with Crippen LogP contribution in [0.2, 0.25) is 5.02 Å². The zero-order valence-corrected chi connectivity index (χ0v) is 11.9. The number of hydrogen-bond acceptors (Lipinski definition) is 4. The van der Waals surface area contributed by atoms with E-state index in [4.69, 9.17) is 11.6 Å². The van der Waals surface area contributed by atoms with Crippen molar-refractivity contribution in [3.8, 4) is 0 Å². The topological polar surface area (TPSA) is 92.3 Å². The van der Waals surface area contributed by atoms with Crippen LogP contribution in [0, 0.1) is 0 Å². The zero-order valence-electron chi connectivity index (χ0n) is 9.55. The Bertz CT molecular complexity index is 596. The van der Waals surface area contributed by atoms with Crippen molar-refractivity contribution in [1.29, 1.82) is 0 Å². The molecule has 0 bridgehead atoms. The van der Waals surface area contributed by atoms with E-state index < -0.39 is 20.0 Å². The van der Waals surface area contributed by atoms with E-state index >= 15 is 0 Å². The maximum Gasteiger partial charge on any atom is 0.240 e. The Labute approximate surface area is 111 Å². The van der Waals surface area contributed by atoms with Crippen molar-refractivity contribution in [3.05, 3.63) is 29.3 Å². The lowest BCUT2D eigenvalue weighted by Crippen LogP contribution is -2.34. The summed E-state index contributed by atoms with van der Waals surface area (Å²) in [5.41, 5.74) is 0. The van der Waals surface area contributed by atoms with Crippen LogP contribution in [0.25, 0.3) is 0 Å². The van der Waals surface area contributed by atoms with Gasteiger partial charge in [0.2, 0.25) is 20.0 Å². The second kappa shape index (κ2) is 5.98. The van der Waals surface area contributed by atoms with Crippen molar-refractivity contribution in [2.45, 2.75) is 4.90 Å². The van der Waals surface area contributed by atoms with E-state index in [1.54, 1.807) is 0 Å². The standard InChI is InChI=1S/C9H13ClN2O4S2/c1-17(13,14)11-6-7-12-18(15,16)9-4-2-8(10)3-5-9/h2-5,11-12H,6-7H2,1H3. The Hall–Kier alpha value is -0.670. The van der Waals surface area contributed by atoms with Gasteiger partial charge in [-0.2, -0.15) is 0 Å². The lowest BCUT2D eigenvalue weighted by atomic mass is 10.4. The van der Waals surface area contributed by atoms with E-state index in [9.17, 15) is 16.8 Å². The van der Waals surface area contributed by atoms with Gasteiger partial charge in [-0.25, -0.2) is 26.3 Å². The van der Waals surface area contributed by atoms with Crippen LogP contribution in [0.15, 0.2) is 29.2 Å². The van der Waals surface area contributed by atoms with Crippen LogP contribution in [0.5, 0.6) is 0 Å². The summed E-state index contributed by atoms with van der Waals surface area (Å²) in [6, 6.07) is 5.67. The van der Waals surface area contributed by atoms with Gasteiger partial charge in [0.1, 0.15) is 0 Å². The predicted molar refractivity (Wildman–Crippen MR) is 69.5 cm³/mol. The molecule has 0 spiro atoms. The number of hydrogen-bond donors (Lipinski definition) is 2. The first kappa shape index (κ1) is 15.4. The lowest BCUT2D eigenvalue weighted by Gasteiger charge is -2.07. The number of halogens is 1. The normalized spacial score (nSPS) is 12.6. The Morgan fingerprint density at radius 1 is 1.00 bits per heavy atom. The molecular formula is C9H13ClN2O4S2. The van der Waals surface area contributed by atoms with Crippen molar-refractivity contribution in [2.75, 3.05) is 19.3 Å². The van der Waals surface area contributed by atoms with E-state index in [-0.39, 0.29) is 18.0 Å². The number of nitrogens with one attached hydrogen (secondary N) is 2. The summed E-state index contributed by atoms with van der Waals surface area (Å²) >= 11 is 5.65. The Morgan fingerprint density at radius 2 is 1.50 bits per heavy atom. The van der Waals surface area contributed by atoms with Crippen molar-refractivity contribution in [1.82, 2.24) is 9.44 Å². The van der Waals surface area contributed by atoms with Crippen LogP contribution in [0.4, 0.5) is 0 Å². The molecule has 0 amide bonds. The summed E-state index contributed by atoms with van der Waals surface area (Å²) < 4.78 is 49.4. The van der Waals surface area contributed by atoms with E-state index in [2.05, 4.69) is 9.44 Å². The van der Waals surface area contributed by atoms with Gasteiger partial charge in [0.25, 0.3) is 0 Å². The minimum absolute atomic E-state index is 0.00828. The van der Waals surface area contributed by atoms with Crippen LogP contribution in [0.3, 0.4) is 0 Å². The average Bonchev–Trinajstić information content (AvgIpc) is 2.24. The van der Waals surface area contributed by atoms with Crippen molar-refractivity contribution in [3.63, 3.8) is 0 Å². The van der Waals surface area contributed by atoms with Gasteiger partial charge in [-0.1, -0.05) is 11.6 Å². The molecule has 0 aromatic heterocycles. The summed E-state index contributed by atoms with van der Waals surface area (Å²) in [5, 5.41) is 0.438. The highest BCUT2D eigenvalue weighted by Crippen LogP contribution is 2.13. The minimum Gasteiger partial charge on any atom is -0.214 e. The van der Waals surface area contributed by atoms with Gasteiger partial charge < -0.3 is 0 Å². The van der Waals surface area contributed by atoms with E-state index in [1.807, 2.05) is 0 Å². The predicted octanol–water partition coefficient (Wildman–Crippen LogP) is 0.168. The molecule has 0 saturated carbocycles. The molecule has 0 radical (unpaired) electrons. The highest BCUT2D eigenvalue weighted by Gasteiger charge is 2.13. The Morgan fingerprint density at radius 3 is 2.00 bits per heavy atom. The summed E-state index contributed by atoms with van der Waals surface area (Å²) in [7, 11) is -6.95.